The summed E-state index contributed by atoms with van der Waals surface area (Å²) >= 11 is 0. The van der Waals surface area contributed by atoms with E-state index in [4.69, 9.17) is 0 Å². The van der Waals surface area contributed by atoms with Crippen LogP contribution in [0.2, 0.25) is 0 Å². The Kier molecular flexibility index (Phi) is 9.68. The Morgan fingerprint density at radius 1 is 1.10 bits per heavy atom. The van der Waals surface area contributed by atoms with Gasteiger partial charge in [0, 0.05) is 5.92 Å². The lowest BCUT2D eigenvalue weighted by Gasteiger charge is -2.18. The molecular formula is C28H43NO. The fraction of sp³-hybridized carbons (Fsp3) is 0.643. The molecule has 0 amide bonds. The number of aliphatic hydroxyl groups is 1. The van der Waals surface area contributed by atoms with Gasteiger partial charge in [-0.2, -0.15) is 0 Å². The number of allylic oxidation sites excluding steroid dienone is 3. The highest BCUT2D eigenvalue weighted by Gasteiger charge is 2.42. The SMILES string of the molecule is CCCCNCCCCCC1=C[C@H]2C[C@@H](O)[C@H](/C=C/CCc3cccc(C)c3)[C@H]2C1. The second-order valence-electron chi connectivity index (χ2n) is 9.61. The molecule has 2 N–H and O–H groups in total. The number of rotatable bonds is 13. The van der Waals surface area contributed by atoms with Gasteiger partial charge < -0.3 is 10.4 Å². The van der Waals surface area contributed by atoms with Gasteiger partial charge in [0.1, 0.15) is 0 Å². The summed E-state index contributed by atoms with van der Waals surface area (Å²) in [4.78, 5) is 0. The summed E-state index contributed by atoms with van der Waals surface area (Å²) in [7, 11) is 0. The van der Waals surface area contributed by atoms with Crippen molar-refractivity contribution in [2.75, 3.05) is 13.1 Å². The minimum absolute atomic E-state index is 0.151. The molecule has 0 radical (unpaired) electrons. The van der Waals surface area contributed by atoms with E-state index in [1.807, 2.05) is 0 Å². The Balaban J connectivity index is 1.35. The number of hydrogen-bond acceptors (Lipinski definition) is 2. The van der Waals surface area contributed by atoms with Crippen molar-refractivity contribution in [2.24, 2.45) is 17.8 Å². The molecule has 2 aliphatic rings. The molecule has 0 aromatic heterocycles. The number of nitrogens with one attached hydrogen (secondary N) is 1. The fourth-order valence-corrected chi connectivity index (χ4v) is 5.37. The number of unbranched alkanes of at least 4 members (excludes halogenated alkanes) is 3. The van der Waals surface area contributed by atoms with Gasteiger partial charge in [-0.15, -0.1) is 0 Å². The van der Waals surface area contributed by atoms with Gasteiger partial charge in [-0.1, -0.05) is 73.4 Å². The minimum atomic E-state index is -0.151. The lowest BCUT2D eigenvalue weighted by Crippen LogP contribution is -2.17. The van der Waals surface area contributed by atoms with Gasteiger partial charge >= 0.3 is 0 Å². The van der Waals surface area contributed by atoms with E-state index in [2.05, 4.69) is 61.7 Å². The van der Waals surface area contributed by atoms with Gasteiger partial charge in [-0.3, -0.25) is 0 Å². The Hall–Kier alpha value is -1.38. The normalized spacial score (nSPS) is 25.8. The molecule has 0 heterocycles. The minimum Gasteiger partial charge on any atom is -0.392 e. The zero-order valence-corrected chi connectivity index (χ0v) is 19.3. The highest BCUT2D eigenvalue weighted by molar-refractivity contribution is 5.23. The van der Waals surface area contributed by atoms with Crippen LogP contribution in [0, 0.1) is 24.7 Å². The molecule has 1 aromatic rings. The van der Waals surface area contributed by atoms with Gasteiger partial charge in [-0.25, -0.2) is 0 Å². The van der Waals surface area contributed by atoms with Crippen LogP contribution in [0.4, 0.5) is 0 Å². The summed E-state index contributed by atoms with van der Waals surface area (Å²) in [5, 5.41) is 14.1. The molecule has 0 spiro atoms. The topological polar surface area (TPSA) is 32.3 Å². The summed E-state index contributed by atoms with van der Waals surface area (Å²) in [6, 6.07) is 8.80. The highest BCUT2D eigenvalue weighted by Crippen LogP contribution is 2.48. The van der Waals surface area contributed by atoms with Crippen LogP contribution < -0.4 is 5.32 Å². The first-order chi connectivity index (χ1) is 14.7. The third-order valence-electron chi connectivity index (χ3n) is 7.05. The first-order valence-electron chi connectivity index (χ1n) is 12.5. The first kappa shape index (κ1) is 23.3. The molecule has 2 nitrogen and oxygen atoms in total. The number of aliphatic hydroxyl groups excluding tert-OH is 1. The highest BCUT2D eigenvalue weighted by atomic mass is 16.3. The van der Waals surface area contributed by atoms with Crippen molar-refractivity contribution in [3.05, 3.63) is 59.2 Å². The predicted molar refractivity (Wildman–Crippen MR) is 129 cm³/mol. The van der Waals surface area contributed by atoms with Crippen LogP contribution in [0.3, 0.4) is 0 Å². The Morgan fingerprint density at radius 3 is 2.80 bits per heavy atom. The summed E-state index contributed by atoms with van der Waals surface area (Å²) in [5.74, 6) is 1.60. The van der Waals surface area contributed by atoms with Crippen molar-refractivity contribution in [1.29, 1.82) is 0 Å². The number of benzene rings is 1. The molecule has 0 bridgehead atoms. The molecule has 4 atom stereocenters. The lowest BCUT2D eigenvalue weighted by molar-refractivity contribution is 0.141. The molecule has 166 valence electrons. The second-order valence-corrected chi connectivity index (χ2v) is 9.61. The van der Waals surface area contributed by atoms with E-state index in [0.717, 1.165) is 19.3 Å². The van der Waals surface area contributed by atoms with Crippen LogP contribution >= 0.6 is 0 Å². The molecule has 3 rings (SSSR count). The van der Waals surface area contributed by atoms with Crippen LogP contribution in [-0.2, 0) is 6.42 Å². The maximum absolute atomic E-state index is 10.6. The third-order valence-corrected chi connectivity index (χ3v) is 7.05. The number of hydrogen-bond donors (Lipinski definition) is 2. The van der Waals surface area contributed by atoms with Gasteiger partial charge in [0.05, 0.1) is 6.10 Å². The Morgan fingerprint density at radius 2 is 1.97 bits per heavy atom. The molecule has 1 aromatic carbocycles. The molecule has 0 aliphatic heterocycles. The van der Waals surface area contributed by atoms with Crippen molar-refractivity contribution in [3.8, 4) is 0 Å². The summed E-state index contributed by atoms with van der Waals surface area (Å²) < 4.78 is 0. The molecular weight excluding hydrogens is 366 g/mol. The molecule has 0 saturated heterocycles. The second kappa shape index (κ2) is 12.5. The van der Waals surface area contributed by atoms with Crippen molar-refractivity contribution >= 4 is 0 Å². The van der Waals surface area contributed by atoms with Crippen LogP contribution in [0.1, 0.15) is 75.8 Å². The summed E-state index contributed by atoms with van der Waals surface area (Å²) in [6.45, 7) is 6.75. The monoisotopic (exact) mass is 409 g/mol. The maximum atomic E-state index is 10.6. The molecule has 1 saturated carbocycles. The number of aryl methyl sites for hydroxylation is 2. The standard InChI is InChI=1S/C28H43NO/c1-3-4-16-29-17-9-5-6-13-24-19-25-21-28(30)26(27(25)20-24)15-8-7-12-23-14-10-11-22(2)18-23/h8,10-11,14-15,18-19,25-30H,3-7,9,12-13,16-17,20-21H2,1-2H3/b15-8+/t25-,26+,27-,28+/m0/s1. The van der Waals surface area contributed by atoms with Gasteiger partial charge in [0.15, 0.2) is 0 Å². The van der Waals surface area contributed by atoms with Crippen LogP contribution in [-0.4, -0.2) is 24.3 Å². The summed E-state index contributed by atoms with van der Waals surface area (Å²) in [5.41, 5.74) is 4.41. The first-order valence-corrected chi connectivity index (χ1v) is 12.5. The zero-order chi connectivity index (χ0) is 21.2. The van der Waals surface area contributed by atoms with E-state index in [-0.39, 0.29) is 6.10 Å². The van der Waals surface area contributed by atoms with Crippen molar-refractivity contribution < 1.29 is 5.11 Å². The largest absolute Gasteiger partial charge is 0.392 e. The van der Waals surface area contributed by atoms with E-state index >= 15 is 0 Å². The molecule has 1 fully saturated rings. The third kappa shape index (κ3) is 7.10. The van der Waals surface area contributed by atoms with E-state index in [1.54, 1.807) is 5.57 Å². The molecule has 2 aliphatic carbocycles. The van der Waals surface area contributed by atoms with Crippen LogP contribution in [0.25, 0.3) is 0 Å². The van der Waals surface area contributed by atoms with Crippen molar-refractivity contribution in [2.45, 2.75) is 84.2 Å². The smallest absolute Gasteiger partial charge is 0.0611 e. The van der Waals surface area contributed by atoms with Gasteiger partial charge in [0.25, 0.3) is 0 Å². The summed E-state index contributed by atoms with van der Waals surface area (Å²) in [6.07, 6.45) is 19.1. The molecule has 30 heavy (non-hydrogen) atoms. The maximum Gasteiger partial charge on any atom is 0.0611 e. The predicted octanol–water partition coefficient (Wildman–Crippen LogP) is 6.38. The van der Waals surface area contributed by atoms with Gasteiger partial charge in [0.2, 0.25) is 0 Å². The van der Waals surface area contributed by atoms with Crippen molar-refractivity contribution in [3.63, 3.8) is 0 Å². The number of fused-ring (bicyclic) bond motifs is 1. The van der Waals surface area contributed by atoms with E-state index in [1.165, 1.54) is 69.2 Å². The Labute approximate surface area is 184 Å². The Bertz CT molecular complexity index is 692. The van der Waals surface area contributed by atoms with Crippen LogP contribution in [0.5, 0.6) is 0 Å². The van der Waals surface area contributed by atoms with Gasteiger partial charge in [-0.05, 0) is 88.8 Å². The van der Waals surface area contributed by atoms with E-state index < -0.39 is 0 Å². The fourth-order valence-electron chi connectivity index (χ4n) is 5.37. The van der Waals surface area contributed by atoms with E-state index in [0.29, 0.717) is 17.8 Å². The van der Waals surface area contributed by atoms with Crippen LogP contribution in [0.15, 0.2) is 48.1 Å². The van der Waals surface area contributed by atoms with E-state index in [9.17, 15) is 5.11 Å². The average molecular weight is 410 g/mol. The zero-order valence-electron chi connectivity index (χ0n) is 19.3. The average Bonchev–Trinajstić information content (AvgIpc) is 3.24. The quantitative estimate of drug-likeness (QED) is 0.293. The van der Waals surface area contributed by atoms with Crippen molar-refractivity contribution in [1.82, 2.24) is 5.32 Å². The lowest BCUT2D eigenvalue weighted by atomic mass is 9.88. The molecule has 0 unspecified atom stereocenters. The molecule has 2 heteroatoms.